The molecule has 2 rings (SSSR count). The lowest BCUT2D eigenvalue weighted by molar-refractivity contribution is 0.300. The van der Waals surface area contributed by atoms with E-state index < -0.39 is 5.82 Å². The summed E-state index contributed by atoms with van der Waals surface area (Å²) in [4.78, 5) is 4.13. The molecule has 3 nitrogen and oxygen atoms in total. The van der Waals surface area contributed by atoms with Crippen molar-refractivity contribution in [2.24, 2.45) is 0 Å². The van der Waals surface area contributed by atoms with Crippen molar-refractivity contribution in [3.8, 4) is 17.6 Å². The van der Waals surface area contributed by atoms with Gasteiger partial charge in [-0.2, -0.15) is 0 Å². The van der Waals surface area contributed by atoms with Crippen molar-refractivity contribution in [1.29, 1.82) is 0 Å². The summed E-state index contributed by atoms with van der Waals surface area (Å²) >= 11 is 0. The summed E-state index contributed by atoms with van der Waals surface area (Å²) in [5, 5.41) is 8.68. The average Bonchev–Trinajstić information content (AvgIpc) is 2.45. The summed E-state index contributed by atoms with van der Waals surface area (Å²) in [6, 6.07) is 9.61. The Balaban J connectivity index is 2.15. The lowest BCUT2D eigenvalue weighted by Crippen LogP contribution is -1.99. The molecular weight excluding hydrogens is 245 g/mol. The fraction of sp³-hybridized carbons (Fsp3) is 0.133. The van der Waals surface area contributed by atoms with Crippen LogP contribution in [-0.4, -0.2) is 16.7 Å². The Morgan fingerprint density at radius 3 is 2.89 bits per heavy atom. The first-order chi connectivity index (χ1) is 9.29. The number of halogens is 1. The van der Waals surface area contributed by atoms with Crippen LogP contribution in [0.5, 0.6) is 5.75 Å². The van der Waals surface area contributed by atoms with Gasteiger partial charge in [0.05, 0.1) is 11.3 Å². The quantitative estimate of drug-likeness (QED) is 0.857. The van der Waals surface area contributed by atoms with Gasteiger partial charge in [0, 0.05) is 6.20 Å². The van der Waals surface area contributed by atoms with Gasteiger partial charge in [-0.1, -0.05) is 17.9 Å². The zero-order valence-electron chi connectivity index (χ0n) is 10.1. The van der Waals surface area contributed by atoms with E-state index in [1.807, 2.05) is 18.2 Å². The normalized spacial score (nSPS) is 9.58. The summed E-state index contributed by atoms with van der Waals surface area (Å²) in [6.07, 6.45) is 1.68. The van der Waals surface area contributed by atoms with Crippen molar-refractivity contribution in [3.63, 3.8) is 0 Å². The van der Waals surface area contributed by atoms with Crippen LogP contribution in [0.4, 0.5) is 4.39 Å². The minimum Gasteiger partial charge on any atom is -0.486 e. The molecule has 0 atom stereocenters. The maximum atomic E-state index is 13.1. The highest BCUT2D eigenvalue weighted by molar-refractivity contribution is 5.46. The number of nitrogens with zero attached hydrogens (tertiary/aromatic N) is 1. The number of aliphatic hydroxyl groups is 1. The lowest BCUT2D eigenvalue weighted by atomic mass is 10.2. The topological polar surface area (TPSA) is 42.4 Å². The molecular formula is C15H12FNO2. The number of aliphatic hydroxyl groups excluding tert-OH is 1. The minimum absolute atomic E-state index is 0.278. The highest BCUT2D eigenvalue weighted by Crippen LogP contribution is 2.19. The molecule has 0 spiro atoms. The fourth-order valence-corrected chi connectivity index (χ4v) is 1.50. The number of rotatable bonds is 3. The van der Waals surface area contributed by atoms with Gasteiger partial charge in [0.25, 0.3) is 0 Å². The van der Waals surface area contributed by atoms with Crippen molar-refractivity contribution in [3.05, 3.63) is 59.7 Å². The van der Waals surface area contributed by atoms with E-state index in [0.29, 0.717) is 11.3 Å². The molecule has 2 aromatic rings. The van der Waals surface area contributed by atoms with Crippen molar-refractivity contribution in [1.82, 2.24) is 4.98 Å². The molecule has 0 amide bonds. The van der Waals surface area contributed by atoms with Gasteiger partial charge in [-0.25, -0.2) is 4.39 Å². The van der Waals surface area contributed by atoms with Gasteiger partial charge in [-0.05, 0) is 30.3 Å². The number of aromatic nitrogens is 1. The first-order valence-corrected chi connectivity index (χ1v) is 5.71. The molecule has 0 radical (unpaired) electrons. The number of hydrogen-bond donors (Lipinski definition) is 1. The summed E-state index contributed by atoms with van der Waals surface area (Å²) in [7, 11) is 0. The fourth-order valence-electron chi connectivity index (χ4n) is 1.50. The molecule has 1 aromatic carbocycles. The Labute approximate surface area is 110 Å². The molecule has 0 unspecified atom stereocenters. The van der Waals surface area contributed by atoms with Gasteiger partial charge in [0.1, 0.15) is 24.8 Å². The van der Waals surface area contributed by atoms with E-state index in [-0.39, 0.29) is 13.2 Å². The van der Waals surface area contributed by atoms with Gasteiger partial charge in [-0.15, -0.1) is 0 Å². The third-order valence-electron chi connectivity index (χ3n) is 2.35. The summed E-state index contributed by atoms with van der Waals surface area (Å²) in [5.74, 6) is 5.20. The molecule has 4 heteroatoms. The van der Waals surface area contributed by atoms with Crippen molar-refractivity contribution in [2.75, 3.05) is 6.61 Å². The Hall–Kier alpha value is -2.38. The van der Waals surface area contributed by atoms with Gasteiger partial charge in [0.15, 0.2) is 0 Å². The van der Waals surface area contributed by atoms with Crippen LogP contribution < -0.4 is 4.74 Å². The maximum absolute atomic E-state index is 13.1. The lowest BCUT2D eigenvalue weighted by Gasteiger charge is -2.07. The van der Waals surface area contributed by atoms with Crippen LogP contribution in [0.3, 0.4) is 0 Å². The number of pyridine rings is 1. The van der Waals surface area contributed by atoms with E-state index in [0.717, 1.165) is 5.69 Å². The molecule has 0 saturated heterocycles. The van der Waals surface area contributed by atoms with E-state index in [9.17, 15) is 4.39 Å². The molecule has 0 aliphatic heterocycles. The van der Waals surface area contributed by atoms with E-state index in [1.54, 1.807) is 6.20 Å². The van der Waals surface area contributed by atoms with E-state index >= 15 is 0 Å². The second-order valence-corrected chi connectivity index (χ2v) is 3.71. The molecule has 0 fully saturated rings. The minimum atomic E-state index is -0.396. The SMILES string of the molecule is OCC#Cc1cc(F)ccc1OCc1ccccn1. The third-order valence-corrected chi connectivity index (χ3v) is 2.35. The smallest absolute Gasteiger partial charge is 0.135 e. The Morgan fingerprint density at radius 1 is 1.26 bits per heavy atom. The first-order valence-electron chi connectivity index (χ1n) is 5.71. The zero-order valence-corrected chi connectivity index (χ0v) is 10.1. The molecule has 0 aliphatic rings. The predicted octanol–water partition coefficient (Wildman–Crippen LogP) is 2.14. The van der Waals surface area contributed by atoms with Crippen LogP contribution in [-0.2, 0) is 6.61 Å². The molecule has 0 aliphatic carbocycles. The van der Waals surface area contributed by atoms with Gasteiger partial charge in [0.2, 0.25) is 0 Å². The molecule has 96 valence electrons. The molecule has 1 aromatic heterocycles. The second kappa shape index (κ2) is 6.53. The molecule has 1 N–H and O–H groups in total. The highest BCUT2D eigenvalue weighted by Gasteiger charge is 2.04. The summed E-state index contributed by atoms with van der Waals surface area (Å²) < 4.78 is 18.7. The van der Waals surface area contributed by atoms with Crippen LogP contribution in [0.25, 0.3) is 0 Å². The standard InChI is InChI=1S/C15H12FNO2/c16-13-6-7-15(12(10-13)4-3-9-18)19-11-14-5-1-2-8-17-14/h1-2,5-8,10,18H,9,11H2. The van der Waals surface area contributed by atoms with E-state index in [4.69, 9.17) is 9.84 Å². The van der Waals surface area contributed by atoms with Gasteiger partial charge in [-0.3, -0.25) is 4.98 Å². The number of benzene rings is 1. The Bertz CT molecular complexity index is 603. The van der Waals surface area contributed by atoms with Gasteiger partial charge >= 0.3 is 0 Å². The van der Waals surface area contributed by atoms with Crippen LogP contribution in [0, 0.1) is 17.7 Å². The first kappa shape index (κ1) is 13.1. The van der Waals surface area contributed by atoms with Crippen LogP contribution in [0.1, 0.15) is 11.3 Å². The molecule has 0 bridgehead atoms. The average molecular weight is 257 g/mol. The molecule has 0 saturated carbocycles. The Kier molecular flexibility index (Phi) is 4.49. The van der Waals surface area contributed by atoms with Gasteiger partial charge < -0.3 is 9.84 Å². The van der Waals surface area contributed by atoms with Crippen molar-refractivity contribution in [2.45, 2.75) is 6.61 Å². The highest BCUT2D eigenvalue weighted by atomic mass is 19.1. The third kappa shape index (κ3) is 3.80. The molecule has 19 heavy (non-hydrogen) atoms. The maximum Gasteiger partial charge on any atom is 0.135 e. The van der Waals surface area contributed by atoms with Crippen LogP contribution >= 0.6 is 0 Å². The number of hydrogen-bond acceptors (Lipinski definition) is 3. The second-order valence-electron chi connectivity index (χ2n) is 3.71. The zero-order chi connectivity index (χ0) is 13.5. The summed E-state index contributed by atoms with van der Waals surface area (Å²) in [6.45, 7) is -0.00350. The largest absolute Gasteiger partial charge is 0.486 e. The Morgan fingerprint density at radius 2 is 2.16 bits per heavy atom. The van der Waals surface area contributed by atoms with E-state index in [1.165, 1.54) is 18.2 Å². The van der Waals surface area contributed by atoms with Crippen LogP contribution in [0.2, 0.25) is 0 Å². The van der Waals surface area contributed by atoms with E-state index in [2.05, 4.69) is 16.8 Å². The molecule has 1 heterocycles. The van der Waals surface area contributed by atoms with Crippen molar-refractivity contribution < 1.29 is 14.2 Å². The van der Waals surface area contributed by atoms with Crippen LogP contribution in [0.15, 0.2) is 42.6 Å². The summed E-state index contributed by atoms with van der Waals surface area (Å²) in [5.41, 5.74) is 1.18. The van der Waals surface area contributed by atoms with Crippen molar-refractivity contribution >= 4 is 0 Å². The predicted molar refractivity (Wildman–Crippen MR) is 68.9 cm³/mol. The monoisotopic (exact) mass is 257 g/mol. The number of ether oxygens (including phenoxy) is 1.